The largest absolute Gasteiger partial charge is 0.479 e. The van der Waals surface area contributed by atoms with Crippen LogP contribution in [-0.4, -0.2) is 59.6 Å². The molecule has 2 N–H and O–H groups in total. The quantitative estimate of drug-likeness (QED) is 0.809. The van der Waals surface area contributed by atoms with Crippen molar-refractivity contribution in [2.45, 2.75) is 26.0 Å². The molecule has 1 aliphatic heterocycles. The summed E-state index contributed by atoms with van der Waals surface area (Å²) >= 11 is 0. The molecule has 0 radical (unpaired) electrons. The lowest BCUT2D eigenvalue weighted by Crippen LogP contribution is -2.56. The summed E-state index contributed by atoms with van der Waals surface area (Å²) in [6.07, 6.45) is 0.335. The van der Waals surface area contributed by atoms with Crippen LogP contribution in [-0.2, 0) is 14.3 Å². The zero-order valence-electron chi connectivity index (χ0n) is 13.0. The molecule has 0 spiro atoms. The molecule has 0 bridgehead atoms. The molecular weight excluding hydrogens is 304 g/mol. The van der Waals surface area contributed by atoms with E-state index in [2.05, 4.69) is 5.32 Å². The molecule has 0 aliphatic carbocycles. The Morgan fingerprint density at radius 3 is 2.70 bits per heavy atom. The second-order valence-corrected chi connectivity index (χ2v) is 5.65. The van der Waals surface area contributed by atoms with Crippen molar-refractivity contribution in [3.05, 3.63) is 24.2 Å². The van der Waals surface area contributed by atoms with E-state index in [0.717, 1.165) is 0 Å². The predicted molar refractivity (Wildman–Crippen MR) is 78.8 cm³/mol. The van der Waals surface area contributed by atoms with Crippen molar-refractivity contribution in [3.8, 4) is 0 Å². The van der Waals surface area contributed by atoms with Crippen molar-refractivity contribution in [3.63, 3.8) is 0 Å². The van der Waals surface area contributed by atoms with Crippen molar-refractivity contribution in [2.24, 2.45) is 5.92 Å². The van der Waals surface area contributed by atoms with Crippen LogP contribution >= 0.6 is 0 Å². The van der Waals surface area contributed by atoms with Crippen molar-refractivity contribution < 1.29 is 28.6 Å². The standard InChI is InChI=1S/C15H20N2O6/c1-9(2)12(16-13(18)10-4-3-6-22-10)14(19)17-5-7-23-11(8-17)15(20)21/h3-4,6,9,11-12H,5,7-8H2,1-2H3,(H,16,18)(H,20,21). The minimum atomic E-state index is -1.11. The second kappa shape index (κ2) is 7.28. The van der Waals surface area contributed by atoms with Crippen LogP contribution in [0.25, 0.3) is 0 Å². The zero-order chi connectivity index (χ0) is 17.0. The van der Waals surface area contributed by atoms with Gasteiger partial charge in [-0.15, -0.1) is 0 Å². The molecule has 2 rings (SSSR count). The van der Waals surface area contributed by atoms with Crippen molar-refractivity contribution in [2.75, 3.05) is 19.7 Å². The lowest BCUT2D eigenvalue weighted by molar-refractivity contribution is -0.160. The van der Waals surface area contributed by atoms with Gasteiger partial charge in [-0.3, -0.25) is 9.59 Å². The number of carbonyl (C=O) groups excluding carboxylic acids is 2. The first kappa shape index (κ1) is 17.0. The lowest BCUT2D eigenvalue weighted by atomic mass is 10.0. The Morgan fingerprint density at radius 1 is 1.39 bits per heavy atom. The Kier molecular flexibility index (Phi) is 5.38. The average Bonchev–Trinajstić information content (AvgIpc) is 3.06. The fraction of sp³-hybridized carbons (Fsp3) is 0.533. The molecule has 1 fully saturated rings. The average molecular weight is 324 g/mol. The number of aliphatic carboxylic acids is 1. The number of rotatable bonds is 5. The fourth-order valence-corrected chi connectivity index (χ4v) is 2.33. The molecule has 0 saturated carbocycles. The molecular formula is C15H20N2O6. The highest BCUT2D eigenvalue weighted by Gasteiger charge is 2.34. The summed E-state index contributed by atoms with van der Waals surface area (Å²) in [6.45, 7) is 4.02. The van der Waals surface area contributed by atoms with E-state index in [-0.39, 0.29) is 30.7 Å². The van der Waals surface area contributed by atoms with Crippen LogP contribution in [0.3, 0.4) is 0 Å². The molecule has 1 aliphatic rings. The lowest BCUT2D eigenvalue weighted by Gasteiger charge is -2.34. The summed E-state index contributed by atoms with van der Waals surface area (Å²) in [6, 6.07) is 2.33. The van der Waals surface area contributed by atoms with E-state index in [9.17, 15) is 14.4 Å². The highest BCUT2D eigenvalue weighted by atomic mass is 16.5. The molecule has 2 amide bonds. The molecule has 1 saturated heterocycles. The van der Waals surface area contributed by atoms with Gasteiger partial charge in [0.05, 0.1) is 19.4 Å². The van der Waals surface area contributed by atoms with Gasteiger partial charge >= 0.3 is 5.97 Å². The van der Waals surface area contributed by atoms with E-state index in [1.165, 1.54) is 17.2 Å². The monoisotopic (exact) mass is 324 g/mol. The summed E-state index contributed by atoms with van der Waals surface area (Å²) in [5, 5.41) is 11.7. The van der Waals surface area contributed by atoms with Crippen LogP contribution in [0.5, 0.6) is 0 Å². The second-order valence-electron chi connectivity index (χ2n) is 5.65. The van der Waals surface area contributed by atoms with E-state index >= 15 is 0 Å². The molecule has 1 aromatic rings. The Labute approximate surface area is 133 Å². The van der Waals surface area contributed by atoms with E-state index in [1.807, 2.05) is 0 Å². The van der Waals surface area contributed by atoms with E-state index < -0.39 is 24.0 Å². The van der Waals surface area contributed by atoms with Crippen LogP contribution in [0.4, 0.5) is 0 Å². The summed E-state index contributed by atoms with van der Waals surface area (Å²) < 4.78 is 10.1. The van der Waals surface area contributed by atoms with Crippen LogP contribution < -0.4 is 5.32 Å². The Morgan fingerprint density at radius 2 is 2.13 bits per heavy atom. The number of nitrogens with one attached hydrogen (secondary N) is 1. The van der Waals surface area contributed by atoms with E-state index in [4.69, 9.17) is 14.3 Å². The number of carboxylic acids is 1. The molecule has 8 heteroatoms. The van der Waals surface area contributed by atoms with Gasteiger partial charge in [-0.05, 0) is 18.1 Å². The third-order valence-electron chi connectivity index (χ3n) is 3.62. The van der Waals surface area contributed by atoms with Gasteiger partial charge in [0.25, 0.3) is 5.91 Å². The summed E-state index contributed by atoms with van der Waals surface area (Å²) in [7, 11) is 0. The van der Waals surface area contributed by atoms with Gasteiger partial charge < -0.3 is 24.5 Å². The van der Waals surface area contributed by atoms with Gasteiger partial charge in [0.1, 0.15) is 6.04 Å². The van der Waals surface area contributed by atoms with Crippen LogP contribution in [0.2, 0.25) is 0 Å². The molecule has 23 heavy (non-hydrogen) atoms. The van der Waals surface area contributed by atoms with Crippen LogP contribution in [0, 0.1) is 5.92 Å². The van der Waals surface area contributed by atoms with Crippen molar-refractivity contribution in [1.82, 2.24) is 10.2 Å². The smallest absolute Gasteiger partial charge is 0.334 e. The molecule has 2 atom stereocenters. The third-order valence-corrected chi connectivity index (χ3v) is 3.62. The number of morpholine rings is 1. The number of carboxylic acid groups (broad SMARTS) is 1. The zero-order valence-corrected chi connectivity index (χ0v) is 13.0. The number of ether oxygens (including phenoxy) is 1. The number of hydrogen-bond acceptors (Lipinski definition) is 5. The van der Waals surface area contributed by atoms with E-state index in [0.29, 0.717) is 6.54 Å². The molecule has 1 aromatic heterocycles. The molecule has 0 aromatic carbocycles. The minimum absolute atomic E-state index is 0.0337. The highest BCUT2D eigenvalue weighted by Crippen LogP contribution is 2.12. The minimum Gasteiger partial charge on any atom is -0.479 e. The predicted octanol–water partition coefficient (Wildman–Crippen LogP) is 0.346. The van der Waals surface area contributed by atoms with Gasteiger partial charge in [-0.2, -0.15) is 0 Å². The first-order valence-electron chi connectivity index (χ1n) is 7.37. The maximum absolute atomic E-state index is 12.6. The van der Waals surface area contributed by atoms with Gasteiger partial charge in [0.2, 0.25) is 5.91 Å². The fourth-order valence-electron chi connectivity index (χ4n) is 2.33. The summed E-state index contributed by atoms with van der Waals surface area (Å²) in [5.74, 6) is -1.95. The molecule has 2 heterocycles. The number of carbonyl (C=O) groups is 3. The van der Waals surface area contributed by atoms with Gasteiger partial charge in [-0.1, -0.05) is 13.8 Å². The molecule has 126 valence electrons. The van der Waals surface area contributed by atoms with Crippen LogP contribution in [0.1, 0.15) is 24.4 Å². The normalized spacial score (nSPS) is 19.4. The summed E-state index contributed by atoms with van der Waals surface area (Å²) in [5.41, 5.74) is 0. The Bertz CT molecular complexity index is 569. The Hall–Kier alpha value is -2.35. The van der Waals surface area contributed by atoms with Gasteiger partial charge in [0.15, 0.2) is 11.9 Å². The number of furan rings is 1. The molecule has 2 unspecified atom stereocenters. The Balaban J connectivity index is 2.06. The maximum atomic E-state index is 12.6. The number of amides is 2. The first-order chi connectivity index (χ1) is 10.9. The van der Waals surface area contributed by atoms with Gasteiger partial charge in [-0.25, -0.2) is 4.79 Å². The topological polar surface area (TPSA) is 109 Å². The van der Waals surface area contributed by atoms with Crippen molar-refractivity contribution >= 4 is 17.8 Å². The SMILES string of the molecule is CC(C)C(NC(=O)c1ccco1)C(=O)N1CCOC(C(=O)O)C1. The number of nitrogens with zero attached hydrogens (tertiary/aromatic N) is 1. The number of hydrogen-bond donors (Lipinski definition) is 2. The van der Waals surface area contributed by atoms with Gasteiger partial charge in [0, 0.05) is 6.54 Å². The highest BCUT2D eigenvalue weighted by molar-refractivity contribution is 5.95. The molecule has 8 nitrogen and oxygen atoms in total. The third kappa shape index (κ3) is 4.10. The maximum Gasteiger partial charge on any atom is 0.334 e. The summed E-state index contributed by atoms with van der Waals surface area (Å²) in [4.78, 5) is 37.2. The van der Waals surface area contributed by atoms with Crippen molar-refractivity contribution in [1.29, 1.82) is 0 Å². The first-order valence-corrected chi connectivity index (χ1v) is 7.37. The van der Waals surface area contributed by atoms with Crippen LogP contribution in [0.15, 0.2) is 22.8 Å². The van der Waals surface area contributed by atoms with E-state index in [1.54, 1.807) is 19.9 Å².